The Morgan fingerprint density at radius 3 is 2.53 bits per heavy atom. The van der Waals surface area contributed by atoms with E-state index in [4.69, 9.17) is 0 Å². The van der Waals surface area contributed by atoms with Gasteiger partial charge in [-0.2, -0.15) is 5.10 Å². The Balaban J connectivity index is 2.06. The number of hydrogen-bond acceptors (Lipinski definition) is 2. The molecule has 0 aliphatic heterocycles. The molecule has 0 bridgehead atoms. The van der Waals surface area contributed by atoms with Gasteiger partial charge in [-0.05, 0) is 26.7 Å². The minimum atomic E-state index is 0.275. The lowest BCUT2D eigenvalue weighted by Crippen LogP contribution is -2.35. The summed E-state index contributed by atoms with van der Waals surface area (Å²) in [4.78, 5) is 13.9. The van der Waals surface area contributed by atoms with Gasteiger partial charge >= 0.3 is 0 Å². The lowest BCUT2D eigenvalue weighted by atomic mass is 9.84. The minimum Gasteiger partial charge on any atom is -0.341 e. The van der Waals surface area contributed by atoms with Crippen LogP contribution in [-0.2, 0) is 18.4 Å². The fourth-order valence-corrected chi connectivity index (χ4v) is 2.33. The standard InChI is InChI=1S/C13H21N3O/c1-9-12(10(2)16(4)14-9)8-15(3)13(17)11-6-5-7-11/h11H,5-8H2,1-4H3. The molecule has 1 aromatic heterocycles. The molecule has 0 aromatic carbocycles. The molecule has 2 rings (SSSR count). The van der Waals surface area contributed by atoms with E-state index in [2.05, 4.69) is 12.0 Å². The summed E-state index contributed by atoms with van der Waals surface area (Å²) in [5.74, 6) is 0.566. The Hall–Kier alpha value is -1.32. The van der Waals surface area contributed by atoms with Crippen LogP contribution in [0, 0.1) is 19.8 Å². The lowest BCUT2D eigenvalue weighted by molar-refractivity contribution is -0.137. The minimum absolute atomic E-state index is 0.275. The van der Waals surface area contributed by atoms with Gasteiger partial charge in [-0.15, -0.1) is 0 Å². The van der Waals surface area contributed by atoms with Crippen molar-refractivity contribution in [3.8, 4) is 0 Å². The Bertz CT molecular complexity index is 432. The van der Waals surface area contributed by atoms with E-state index in [0.29, 0.717) is 12.5 Å². The lowest BCUT2D eigenvalue weighted by Gasteiger charge is -2.29. The van der Waals surface area contributed by atoms with Gasteiger partial charge < -0.3 is 4.90 Å². The molecule has 1 aliphatic rings. The van der Waals surface area contributed by atoms with Crippen molar-refractivity contribution in [3.63, 3.8) is 0 Å². The van der Waals surface area contributed by atoms with E-state index in [1.807, 2.05) is 30.6 Å². The molecule has 1 amide bonds. The number of carbonyl (C=O) groups is 1. The Morgan fingerprint density at radius 2 is 2.12 bits per heavy atom. The zero-order valence-electron chi connectivity index (χ0n) is 11.2. The van der Waals surface area contributed by atoms with Gasteiger partial charge in [0.1, 0.15) is 0 Å². The van der Waals surface area contributed by atoms with E-state index in [9.17, 15) is 4.79 Å². The van der Waals surface area contributed by atoms with Crippen molar-refractivity contribution in [2.75, 3.05) is 7.05 Å². The molecule has 1 saturated carbocycles. The van der Waals surface area contributed by atoms with Gasteiger partial charge in [0, 0.05) is 37.8 Å². The summed E-state index contributed by atoms with van der Waals surface area (Å²) in [5.41, 5.74) is 3.36. The largest absolute Gasteiger partial charge is 0.341 e. The number of aromatic nitrogens is 2. The Labute approximate surface area is 103 Å². The molecule has 0 atom stereocenters. The predicted molar refractivity (Wildman–Crippen MR) is 66.5 cm³/mol. The van der Waals surface area contributed by atoms with Crippen LogP contribution in [0.5, 0.6) is 0 Å². The maximum absolute atomic E-state index is 12.1. The van der Waals surface area contributed by atoms with Crippen molar-refractivity contribution in [1.29, 1.82) is 0 Å². The van der Waals surface area contributed by atoms with Gasteiger partial charge in [-0.3, -0.25) is 9.48 Å². The van der Waals surface area contributed by atoms with Crippen molar-refractivity contribution in [2.45, 2.75) is 39.7 Å². The first-order chi connectivity index (χ1) is 8.00. The molecule has 4 heteroatoms. The third-order valence-corrected chi connectivity index (χ3v) is 3.88. The van der Waals surface area contributed by atoms with Crippen LogP contribution in [0.4, 0.5) is 0 Å². The number of aryl methyl sites for hydroxylation is 2. The van der Waals surface area contributed by atoms with E-state index in [0.717, 1.165) is 24.2 Å². The van der Waals surface area contributed by atoms with Gasteiger partial charge in [-0.1, -0.05) is 6.42 Å². The number of rotatable bonds is 3. The van der Waals surface area contributed by atoms with E-state index in [-0.39, 0.29) is 5.92 Å². The zero-order chi connectivity index (χ0) is 12.6. The van der Waals surface area contributed by atoms with E-state index < -0.39 is 0 Å². The summed E-state index contributed by atoms with van der Waals surface area (Å²) in [6.07, 6.45) is 3.33. The predicted octanol–water partition coefficient (Wildman–Crippen LogP) is 1.80. The topological polar surface area (TPSA) is 38.1 Å². The van der Waals surface area contributed by atoms with Gasteiger partial charge in [0.2, 0.25) is 5.91 Å². The summed E-state index contributed by atoms with van der Waals surface area (Å²) in [5, 5.41) is 4.38. The summed E-state index contributed by atoms with van der Waals surface area (Å²) in [7, 11) is 3.84. The quantitative estimate of drug-likeness (QED) is 0.801. The Kier molecular flexibility index (Phi) is 3.22. The molecule has 0 unspecified atom stereocenters. The number of nitrogens with zero attached hydrogens (tertiary/aromatic N) is 3. The summed E-state index contributed by atoms with van der Waals surface area (Å²) in [6, 6.07) is 0. The van der Waals surface area contributed by atoms with Gasteiger partial charge in [-0.25, -0.2) is 0 Å². The van der Waals surface area contributed by atoms with Crippen molar-refractivity contribution >= 4 is 5.91 Å². The first kappa shape index (κ1) is 12.1. The SMILES string of the molecule is Cc1nn(C)c(C)c1CN(C)C(=O)C1CCC1. The van der Waals surface area contributed by atoms with E-state index >= 15 is 0 Å². The molecule has 1 fully saturated rings. The smallest absolute Gasteiger partial charge is 0.225 e. The van der Waals surface area contributed by atoms with Crippen LogP contribution < -0.4 is 0 Å². The molecule has 4 nitrogen and oxygen atoms in total. The third-order valence-electron chi connectivity index (χ3n) is 3.88. The van der Waals surface area contributed by atoms with Crippen LogP contribution in [-0.4, -0.2) is 27.6 Å². The van der Waals surface area contributed by atoms with Gasteiger partial charge in [0.25, 0.3) is 0 Å². The molecular weight excluding hydrogens is 214 g/mol. The maximum atomic E-state index is 12.1. The average molecular weight is 235 g/mol. The fraction of sp³-hybridized carbons (Fsp3) is 0.692. The average Bonchev–Trinajstić information content (AvgIpc) is 2.42. The zero-order valence-corrected chi connectivity index (χ0v) is 11.2. The molecule has 0 spiro atoms. The highest BCUT2D eigenvalue weighted by atomic mass is 16.2. The van der Waals surface area contributed by atoms with Crippen molar-refractivity contribution < 1.29 is 4.79 Å². The summed E-state index contributed by atoms with van der Waals surface area (Å²) < 4.78 is 1.88. The molecular formula is C13H21N3O. The second kappa shape index (κ2) is 4.51. The summed E-state index contributed by atoms with van der Waals surface area (Å²) >= 11 is 0. The summed E-state index contributed by atoms with van der Waals surface area (Å²) in [6.45, 7) is 4.74. The fourth-order valence-electron chi connectivity index (χ4n) is 2.33. The highest BCUT2D eigenvalue weighted by molar-refractivity contribution is 5.79. The van der Waals surface area contributed by atoms with Crippen LogP contribution in [0.1, 0.15) is 36.2 Å². The molecule has 17 heavy (non-hydrogen) atoms. The third kappa shape index (κ3) is 2.21. The van der Waals surface area contributed by atoms with Crippen molar-refractivity contribution in [2.24, 2.45) is 13.0 Å². The van der Waals surface area contributed by atoms with E-state index in [1.165, 1.54) is 12.0 Å². The highest BCUT2D eigenvalue weighted by Gasteiger charge is 2.28. The van der Waals surface area contributed by atoms with Crippen LogP contribution in [0.2, 0.25) is 0 Å². The highest BCUT2D eigenvalue weighted by Crippen LogP contribution is 2.28. The van der Waals surface area contributed by atoms with Crippen molar-refractivity contribution in [3.05, 3.63) is 17.0 Å². The number of hydrogen-bond donors (Lipinski definition) is 0. The van der Waals surface area contributed by atoms with E-state index in [1.54, 1.807) is 0 Å². The van der Waals surface area contributed by atoms with Crippen molar-refractivity contribution in [1.82, 2.24) is 14.7 Å². The first-order valence-corrected chi connectivity index (χ1v) is 6.24. The normalized spacial score (nSPS) is 15.8. The molecule has 1 heterocycles. The van der Waals surface area contributed by atoms with Crippen LogP contribution in [0.15, 0.2) is 0 Å². The molecule has 1 aromatic rings. The molecule has 1 aliphatic carbocycles. The van der Waals surface area contributed by atoms with Crippen LogP contribution in [0.3, 0.4) is 0 Å². The molecule has 0 N–H and O–H groups in total. The molecule has 94 valence electrons. The molecule has 0 radical (unpaired) electrons. The van der Waals surface area contributed by atoms with Crippen LogP contribution in [0.25, 0.3) is 0 Å². The number of carbonyl (C=O) groups excluding carboxylic acids is 1. The van der Waals surface area contributed by atoms with Gasteiger partial charge in [0.05, 0.1) is 5.69 Å². The maximum Gasteiger partial charge on any atom is 0.225 e. The number of amides is 1. The molecule has 0 saturated heterocycles. The van der Waals surface area contributed by atoms with Crippen LogP contribution >= 0.6 is 0 Å². The second-order valence-electron chi connectivity index (χ2n) is 5.10. The first-order valence-electron chi connectivity index (χ1n) is 6.24. The Morgan fingerprint density at radius 1 is 1.47 bits per heavy atom. The second-order valence-corrected chi connectivity index (χ2v) is 5.10. The van der Waals surface area contributed by atoms with Gasteiger partial charge in [0.15, 0.2) is 0 Å². The monoisotopic (exact) mass is 235 g/mol.